The van der Waals surface area contributed by atoms with Gasteiger partial charge in [-0.1, -0.05) is 0 Å². The zero-order valence-corrected chi connectivity index (χ0v) is 18.1. The molecule has 4 rings (SSSR count). The van der Waals surface area contributed by atoms with E-state index in [9.17, 15) is 14.9 Å². The van der Waals surface area contributed by atoms with Gasteiger partial charge in [0.2, 0.25) is 11.9 Å². The van der Waals surface area contributed by atoms with Crippen molar-refractivity contribution in [1.29, 1.82) is 0 Å². The molecule has 1 aliphatic rings. The summed E-state index contributed by atoms with van der Waals surface area (Å²) in [4.78, 5) is 36.4. The molecule has 1 saturated heterocycles. The van der Waals surface area contributed by atoms with Gasteiger partial charge in [-0.05, 0) is 36.6 Å². The molecule has 2 aromatic heterocycles. The minimum absolute atomic E-state index is 0.0252. The first-order valence-electron chi connectivity index (χ1n) is 10.5. The molecule has 1 aliphatic heterocycles. The Morgan fingerprint density at radius 3 is 2.72 bits per heavy atom. The first-order chi connectivity index (χ1) is 15.4. The lowest BCUT2D eigenvalue weighted by atomic mass is 9.90. The summed E-state index contributed by atoms with van der Waals surface area (Å²) in [5, 5.41) is 15.2. The summed E-state index contributed by atoms with van der Waals surface area (Å²) in [5.74, 6) is 0.653. The molecule has 1 amide bonds. The topological polar surface area (TPSA) is 110 Å². The highest BCUT2D eigenvalue weighted by atomic mass is 16.6. The number of aromatic nitrogens is 4. The van der Waals surface area contributed by atoms with Crippen molar-refractivity contribution in [2.24, 2.45) is 0 Å². The largest absolute Gasteiger partial charge is 0.347 e. The summed E-state index contributed by atoms with van der Waals surface area (Å²) in [5.41, 5.74) is 2.54. The normalized spacial score (nSPS) is 16.1. The summed E-state index contributed by atoms with van der Waals surface area (Å²) in [6.07, 6.45) is 6.97. The van der Waals surface area contributed by atoms with E-state index in [0.29, 0.717) is 19.0 Å². The maximum atomic E-state index is 12.8. The van der Waals surface area contributed by atoms with Crippen molar-refractivity contribution < 1.29 is 9.72 Å². The molecule has 0 unspecified atom stereocenters. The number of nitro groups is 1. The number of anilines is 1. The molecule has 0 spiro atoms. The molecule has 3 aromatic rings. The zero-order chi connectivity index (χ0) is 22.7. The highest BCUT2D eigenvalue weighted by molar-refractivity contribution is 5.76. The summed E-state index contributed by atoms with van der Waals surface area (Å²) < 4.78 is 1.63. The number of carbonyl (C=O) groups is 1. The highest BCUT2D eigenvalue weighted by Gasteiger charge is 2.28. The van der Waals surface area contributed by atoms with Crippen LogP contribution in [0.1, 0.15) is 24.5 Å². The lowest BCUT2D eigenvalue weighted by Crippen LogP contribution is -2.41. The van der Waals surface area contributed by atoms with Gasteiger partial charge in [0.05, 0.1) is 10.6 Å². The predicted molar refractivity (Wildman–Crippen MR) is 119 cm³/mol. The van der Waals surface area contributed by atoms with Crippen molar-refractivity contribution in [3.05, 3.63) is 64.7 Å². The van der Waals surface area contributed by atoms with Crippen LogP contribution in [0.3, 0.4) is 0 Å². The number of amides is 1. The van der Waals surface area contributed by atoms with Gasteiger partial charge in [0.15, 0.2) is 0 Å². The molecular formula is C22H25N7O3. The van der Waals surface area contributed by atoms with E-state index in [1.54, 1.807) is 41.5 Å². The number of carbonyl (C=O) groups excluding carboxylic acids is 1. The molecule has 1 aromatic carbocycles. The second kappa shape index (κ2) is 9.13. The minimum Gasteiger partial charge on any atom is -0.347 e. The Balaban J connectivity index is 1.63. The molecule has 0 radical (unpaired) electrons. The fourth-order valence-electron chi connectivity index (χ4n) is 3.96. The van der Waals surface area contributed by atoms with E-state index in [2.05, 4.69) is 10.1 Å². The van der Waals surface area contributed by atoms with Gasteiger partial charge in [0.25, 0.3) is 5.69 Å². The molecule has 0 N–H and O–H groups in total. The second-order valence-electron chi connectivity index (χ2n) is 8.05. The Morgan fingerprint density at radius 2 is 2.06 bits per heavy atom. The molecule has 32 heavy (non-hydrogen) atoms. The number of rotatable bonds is 6. The quantitative estimate of drug-likeness (QED) is 0.432. The molecule has 0 saturated carbocycles. The van der Waals surface area contributed by atoms with Gasteiger partial charge < -0.3 is 9.80 Å². The van der Waals surface area contributed by atoms with Crippen LogP contribution >= 0.6 is 0 Å². The summed E-state index contributed by atoms with van der Waals surface area (Å²) in [7, 11) is 3.76. The Bertz CT molecular complexity index is 1100. The fourth-order valence-corrected chi connectivity index (χ4v) is 3.96. The first kappa shape index (κ1) is 21.4. The number of likely N-dealkylation sites (tertiary alicyclic amines) is 1. The number of piperidine rings is 1. The van der Waals surface area contributed by atoms with Crippen LogP contribution in [0.5, 0.6) is 0 Å². The van der Waals surface area contributed by atoms with Gasteiger partial charge in [-0.15, -0.1) is 0 Å². The van der Waals surface area contributed by atoms with Gasteiger partial charge in [-0.25, -0.2) is 9.97 Å². The third-order valence-electron chi connectivity index (χ3n) is 5.61. The van der Waals surface area contributed by atoms with Crippen LogP contribution in [0.4, 0.5) is 11.6 Å². The van der Waals surface area contributed by atoms with Crippen LogP contribution < -0.4 is 4.90 Å². The highest BCUT2D eigenvalue weighted by Crippen LogP contribution is 2.34. The van der Waals surface area contributed by atoms with Crippen molar-refractivity contribution >= 4 is 17.5 Å². The Kier molecular flexibility index (Phi) is 6.11. The number of benzene rings is 1. The van der Waals surface area contributed by atoms with E-state index in [1.165, 1.54) is 12.1 Å². The van der Waals surface area contributed by atoms with E-state index < -0.39 is 4.92 Å². The van der Waals surface area contributed by atoms with Crippen molar-refractivity contribution in [1.82, 2.24) is 24.6 Å². The predicted octanol–water partition coefficient (Wildman–Crippen LogP) is 2.72. The Hall–Kier alpha value is -3.82. The van der Waals surface area contributed by atoms with Crippen LogP contribution in [0, 0.1) is 10.1 Å². The molecule has 1 atom stereocenters. The van der Waals surface area contributed by atoms with Crippen molar-refractivity contribution in [3.8, 4) is 11.1 Å². The third kappa shape index (κ3) is 4.58. The smallest absolute Gasteiger partial charge is 0.269 e. The minimum atomic E-state index is -0.416. The molecule has 1 fully saturated rings. The van der Waals surface area contributed by atoms with Crippen molar-refractivity contribution in [2.75, 3.05) is 32.1 Å². The molecular weight excluding hydrogens is 410 g/mol. The summed E-state index contributed by atoms with van der Waals surface area (Å²) in [6, 6.07) is 8.21. The lowest BCUT2D eigenvalue weighted by Gasteiger charge is -2.33. The van der Waals surface area contributed by atoms with Crippen LogP contribution in [0.2, 0.25) is 0 Å². The number of nitrogens with zero attached hydrogens (tertiary/aromatic N) is 7. The molecule has 166 valence electrons. The van der Waals surface area contributed by atoms with Crippen LogP contribution in [-0.2, 0) is 11.3 Å². The van der Waals surface area contributed by atoms with Gasteiger partial charge in [0, 0.05) is 69.4 Å². The van der Waals surface area contributed by atoms with Crippen molar-refractivity contribution in [2.45, 2.75) is 25.3 Å². The van der Waals surface area contributed by atoms with E-state index in [1.807, 2.05) is 23.9 Å². The molecule has 10 heteroatoms. The third-order valence-corrected chi connectivity index (χ3v) is 5.61. The van der Waals surface area contributed by atoms with Crippen molar-refractivity contribution in [3.63, 3.8) is 0 Å². The molecule has 0 aliphatic carbocycles. The first-order valence-corrected chi connectivity index (χ1v) is 10.5. The number of hydrogen-bond donors (Lipinski definition) is 0. The average molecular weight is 435 g/mol. The number of non-ortho nitro benzene ring substituents is 1. The zero-order valence-electron chi connectivity index (χ0n) is 18.1. The standard InChI is InChI=1S/C22H25N7O3/c1-26(2)22-23-13-19(16-6-8-18(9-7-16)29(31)32)21(25-22)17-5-3-11-27(14-17)20(30)15-28-12-4-10-24-28/h4,6-10,12-13,17H,3,5,11,14-15H2,1-2H3/t17-/m1/s1. The van der Waals surface area contributed by atoms with Gasteiger partial charge in [-0.2, -0.15) is 5.10 Å². The average Bonchev–Trinajstić information content (AvgIpc) is 3.32. The molecule has 0 bridgehead atoms. The van der Waals surface area contributed by atoms with Gasteiger partial charge in [-0.3, -0.25) is 19.6 Å². The van der Waals surface area contributed by atoms with Gasteiger partial charge in [0.1, 0.15) is 6.54 Å². The van der Waals surface area contributed by atoms with Crippen LogP contribution in [-0.4, -0.2) is 62.7 Å². The lowest BCUT2D eigenvalue weighted by molar-refractivity contribution is -0.384. The van der Waals surface area contributed by atoms with E-state index in [-0.39, 0.29) is 24.1 Å². The Labute approximate surface area is 185 Å². The van der Waals surface area contributed by atoms with Crippen LogP contribution in [0.25, 0.3) is 11.1 Å². The number of nitro benzene ring substituents is 1. The van der Waals surface area contributed by atoms with Crippen LogP contribution in [0.15, 0.2) is 48.9 Å². The molecule has 10 nitrogen and oxygen atoms in total. The SMILES string of the molecule is CN(C)c1ncc(-c2ccc([N+](=O)[O-])cc2)c([C@@H]2CCCN(C(=O)Cn3cccn3)C2)n1. The Morgan fingerprint density at radius 1 is 1.28 bits per heavy atom. The van der Waals surface area contributed by atoms with Gasteiger partial charge >= 0.3 is 0 Å². The van der Waals surface area contributed by atoms with E-state index in [4.69, 9.17) is 4.98 Å². The summed E-state index contributed by atoms with van der Waals surface area (Å²) >= 11 is 0. The maximum Gasteiger partial charge on any atom is 0.269 e. The monoisotopic (exact) mass is 435 g/mol. The fraction of sp³-hybridized carbons (Fsp3) is 0.364. The van der Waals surface area contributed by atoms with E-state index in [0.717, 1.165) is 29.7 Å². The summed E-state index contributed by atoms with van der Waals surface area (Å²) in [6.45, 7) is 1.47. The number of hydrogen-bond acceptors (Lipinski definition) is 7. The maximum absolute atomic E-state index is 12.8. The second-order valence-corrected chi connectivity index (χ2v) is 8.05. The molecule has 3 heterocycles. The van der Waals surface area contributed by atoms with E-state index >= 15 is 0 Å².